The van der Waals surface area contributed by atoms with E-state index in [0.717, 1.165) is 88.0 Å². The number of hydrogen-bond acceptors (Lipinski definition) is 4. The van der Waals surface area contributed by atoms with E-state index in [1.807, 2.05) is 30.5 Å². The van der Waals surface area contributed by atoms with Crippen LogP contribution in [0.15, 0.2) is 150 Å². The van der Waals surface area contributed by atoms with Gasteiger partial charge in [0.15, 0.2) is 11.3 Å². The summed E-state index contributed by atoms with van der Waals surface area (Å²) in [6.07, 6.45) is 1.88. The summed E-state index contributed by atoms with van der Waals surface area (Å²) in [5, 5.41) is 19.0. The number of hydrogen-bond donors (Lipinski definition) is 1. The zero-order valence-electron chi connectivity index (χ0n) is 30.9. The number of aromatic nitrogens is 3. The van der Waals surface area contributed by atoms with Crippen molar-refractivity contribution in [1.82, 2.24) is 14.4 Å². The molecule has 5 nitrogen and oxygen atoms in total. The van der Waals surface area contributed by atoms with Gasteiger partial charge in [-0.3, -0.25) is 9.38 Å². The molecule has 0 aliphatic rings. The molecule has 1 N–H and O–H groups in total. The molecule has 11 rings (SSSR count). The minimum absolute atomic E-state index is 0. The van der Waals surface area contributed by atoms with Crippen LogP contribution in [0, 0.1) is 6.07 Å². The van der Waals surface area contributed by atoms with E-state index in [9.17, 15) is 5.11 Å². The van der Waals surface area contributed by atoms with Crippen LogP contribution >= 0.6 is 0 Å². The molecule has 0 radical (unpaired) electrons. The third-order valence-corrected chi connectivity index (χ3v) is 11.1. The van der Waals surface area contributed by atoms with Crippen LogP contribution < -0.4 is 0 Å². The Hall–Kier alpha value is -6.29. The van der Waals surface area contributed by atoms with Crippen LogP contribution in [0.2, 0.25) is 0 Å². The van der Waals surface area contributed by atoms with Gasteiger partial charge in [-0.05, 0) is 63.0 Å². The van der Waals surface area contributed by atoms with Crippen molar-refractivity contribution in [2.45, 2.75) is 26.2 Å². The molecule has 7 aromatic carbocycles. The van der Waals surface area contributed by atoms with Crippen molar-refractivity contribution in [2.24, 2.45) is 0 Å². The number of benzene rings is 7. The van der Waals surface area contributed by atoms with E-state index < -0.39 is 0 Å². The van der Waals surface area contributed by atoms with Gasteiger partial charge in [0.25, 0.3) is 0 Å². The van der Waals surface area contributed by atoms with E-state index in [1.165, 1.54) is 5.56 Å². The van der Waals surface area contributed by atoms with Gasteiger partial charge in [-0.1, -0.05) is 129 Å². The zero-order chi connectivity index (χ0) is 37.0. The Kier molecular flexibility index (Phi) is 7.71. The molecule has 0 spiro atoms. The Morgan fingerprint density at radius 1 is 0.643 bits per heavy atom. The molecule has 0 bridgehead atoms. The van der Waals surface area contributed by atoms with Gasteiger partial charge in [-0.15, -0.1) is 29.3 Å². The average molecular weight is 904 g/mol. The summed E-state index contributed by atoms with van der Waals surface area (Å²) in [6, 6.07) is 52.1. The molecular weight excluding hydrogens is 870 g/mol. The zero-order valence-corrected chi connectivity index (χ0v) is 33.1. The second-order valence-corrected chi connectivity index (χ2v) is 15.5. The van der Waals surface area contributed by atoms with Crippen LogP contribution in [-0.2, 0) is 26.5 Å². The Morgan fingerprint density at radius 3 is 2.23 bits per heavy atom. The molecule has 56 heavy (non-hydrogen) atoms. The Bertz CT molecular complexity index is 3370. The molecule has 0 saturated carbocycles. The fourth-order valence-corrected chi connectivity index (χ4v) is 8.40. The van der Waals surface area contributed by atoms with Crippen molar-refractivity contribution in [3.8, 4) is 39.3 Å². The van der Waals surface area contributed by atoms with Gasteiger partial charge in [0, 0.05) is 49.1 Å². The van der Waals surface area contributed by atoms with Crippen LogP contribution in [-0.4, -0.2) is 19.5 Å². The van der Waals surface area contributed by atoms with E-state index in [0.29, 0.717) is 16.6 Å². The summed E-state index contributed by atoms with van der Waals surface area (Å²) < 4.78 is 8.65. The first kappa shape index (κ1) is 34.2. The average Bonchev–Trinajstić information content (AvgIpc) is 3.80. The smallest absolute Gasteiger partial charge is 0.177 e. The van der Waals surface area contributed by atoms with Crippen LogP contribution in [0.25, 0.3) is 105 Å². The number of furan rings is 1. The van der Waals surface area contributed by atoms with Gasteiger partial charge >= 0.3 is 0 Å². The number of imidazole rings is 1. The standard InChI is InChI=1S/C50H34N3O2.Pt/c1-50(2,3)34-25-32(24-33(26-34)40-27-31(22-23-51-40)29-12-5-4-6-13-29)36-17-11-19-42-46(36)52-49-45-38(37-16-9-10-18-41(37)53(42)49)28-39-44-35-15-8-7-14-30(35)20-21-43(44)55-48(39)47(45)54;/h4-23,25-28,54H,1-3H3;/q-1;. The molecule has 4 heterocycles. The molecule has 4 aromatic heterocycles. The van der Waals surface area contributed by atoms with E-state index >= 15 is 0 Å². The monoisotopic (exact) mass is 903 g/mol. The fourth-order valence-electron chi connectivity index (χ4n) is 8.40. The summed E-state index contributed by atoms with van der Waals surface area (Å²) in [6.45, 7) is 6.70. The molecule has 0 aliphatic heterocycles. The van der Waals surface area contributed by atoms with Gasteiger partial charge in [0.1, 0.15) is 11.2 Å². The molecule has 272 valence electrons. The maximum atomic E-state index is 12.3. The minimum Gasteiger partial charge on any atom is -0.504 e. The predicted molar refractivity (Wildman–Crippen MR) is 226 cm³/mol. The molecule has 0 fully saturated rings. The van der Waals surface area contributed by atoms with Crippen molar-refractivity contribution in [1.29, 1.82) is 0 Å². The van der Waals surface area contributed by atoms with Crippen molar-refractivity contribution in [2.75, 3.05) is 0 Å². The van der Waals surface area contributed by atoms with Gasteiger partial charge < -0.3 is 9.52 Å². The first-order valence-electron chi connectivity index (χ1n) is 18.6. The van der Waals surface area contributed by atoms with Crippen molar-refractivity contribution < 1.29 is 30.6 Å². The second kappa shape index (κ2) is 12.6. The maximum absolute atomic E-state index is 12.3. The molecule has 11 aromatic rings. The SMILES string of the molecule is CC(C)(C)c1cc(-c2cc(-c3ccccc3)ccn2)[c-]c(-c2cccc3c2nc2c4c(O)c5oc6ccc7ccccc7c6c5cc4c4ccccc4n32)c1.[Pt]. The van der Waals surface area contributed by atoms with Crippen molar-refractivity contribution >= 4 is 71.1 Å². The van der Waals surface area contributed by atoms with E-state index in [-0.39, 0.29) is 32.2 Å². The molecule has 0 amide bonds. The van der Waals surface area contributed by atoms with Crippen molar-refractivity contribution in [3.05, 3.63) is 157 Å². The van der Waals surface area contributed by atoms with Gasteiger partial charge in [-0.2, -0.15) is 0 Å². The summed E-state index contributed by atoms with van der Waals surface area (Å²) in [5.41, 5.74) is 11.6. The molecule has 0 aliphatic carbocycles. The van der Waals surface area contributed by atoms with E-state index in [4.69, 9.17) is 14.4 Å². The largest absolute Gasteiger partial charge is 0.504 e. The molecule has 6 heteroatoms. The first-order valence-corrected chi connectivity index (χ1v) is 18.6. The normalized spacial score (nSPS) is 12.1. The fraction of sp³-hybridized carbons (Fsp3) is 0.0800. The second-order valence-electron chi connectivity index (χ2n) is 15.5. The number of pyridine rings is 2. The Labute approximate surface area is 337 Å². The van der Waals surface area contributed by atoms with Crippen LogP contribution in [0.5, 0.6) is 5.75 Å². The number of nitrogens with zero attached hydrogens (tertiary/aromatic N) is 3. The van der Waals surface area contributed by atoms with E-state index in [1.54, 1.807) is 0 Å². The first-order chi connectivity index (χ1) is 26.8. The minimum atomic E-state index is -0.135. The third kappa shape index (κ3) is 5.11. The maximum Gasteiger partial charge on any atom is 0.177 e. The topological polar surface area (TPSA) is 63.6 Å². The molecule has 0 atom stereocenters. The summed E-state index contributed by atoms with van der Waals surface area (Å²) in [7, 11) is 0. The Balaban J connectivity index is 0.00000384. The number of rotatable bonds is 3. The van der Waals surface area contributed by atoms with Crippen molar-refractivity contribution in [3.63, 3.8) is 0 Å². The number of aromatic hydroxyl groups is 1. The van der Waals surface area contributed by atoms with Gasteiger partial charge in [0.2, 0.25) is 0 Å². The molecule has 0 unspecified atom stereocenters. The molecular formula is C50H34N3O2Pt-. The number of phenolic OH excluding ortho intramolecular Hbond substituents is 1. The van der Waals surface area contributed by atoms with Crippen LogP contribution in [0.1, 0.15) is 26.3 Å². The van der Waals surface area contributed by atoms with Crippen LogP contribution in [0.4, 0.5) is 0 Å². The van der Waals surface area contributed by atoms with Gasteiger partial charge in [0.05, 0.1) is 21.9 Å². The quantitative estimate of drug-likeness (QED) is 0.142. The predicted octanol–water partition coefficient (Wildman–Crippen LogP) is 13.0. The van der Waals surface area contributed by atoms with Crippen LogP contribution in [0.3, 0.4) is 0 Å². The van der Waals surface area contributed by atoms with Gasteiger partial charge in [-0.25, -0.2) is 4.98 Å². The summed E-state index contributed by atoms with van der Waals surface area (Å²) in [4.78, 5) is 10.3. The van der Waals surface area contributed by atoms with E-state index in [2.05, 4.69) is 146 Å². The number of phenols is 1. The Morgan fingerprint density at radius 2 is 1.39 bits per heavy atom. The number of para-hydroxylation sites is 2. The summed E-state index contributed by atoms with van der Waals surface area (Å²) in [5.74, 6) is 0.0911. The molecule has 0 saturated heterocycles. The third-order valence-electron chi connectivity index (χ3n) is 11.1. The summed E-state index contributed by atoms with van der Waals surface area (Å²) >= 11 is 0. The number of fused-ring (bicyclic) bond motifs is 13.